The van der Waals surface area contributed by atoms with Gasteiger partial charge in [0.2, 0.25) is 0 Å². The van der Waals surface area contributed by atoms with Crippen molar-refractivity contribution in [2.75, 3.05) is 55.3 Å². The highest BCUT2D eigenvalue weighted by Gasteiger charge is 2.22. The van der Waals surface area contributed by atoms with Gasteiger partial charge in [0.1, 0.15) is 11.5 Å². The summed E-state index contributed by atoms with van der Waals surface area (Å²) in [6, 6.07) is 44.4. The zero-order valence-corrected chi connectivity index (χ0v) is 53.5. The second-order valence-corrected chi connectivity index (χ2v) is 23.8. The number of para-hydroxylation sites is 1. The maximum atomic E-state index is 12.9. The van der Waals surface area contributed by atoms with Crippen LogP contribution in [0.3, 0.4) is 0 Å². The van der Waals surface area contributed by atoms with Gasteiger partial charge in [0.15, 0.2) is 17.1 Å². The molecule has 2 aliphatic heterocycles. The molecule has 9 aromatic heterocycles. The van der Waals surface area contributed by atoms with E-state index in [9.17, 15) is 19.5 Å². The number of amides is 3. The fraction of sp³-hybridized carbons (Fsp3) is 0.189. The maximum Gasteiger partial charge on any atom is 0.276 e. The molecule has 2 saturated heterocycles. The van der Waals surface area contributed by atoms with Crippen LogP contribution in [-0.4, -0.2) is 139 Å². The number of morpholine rings is 1. The van der Waals surface area contributed by atoms with Crippen LogP contribution < -0.4 is 20.7 Å². The van der Waals surface area contributed by atoms with Crippen molar-refractivity contribution in [1.82, 2.24) is 70.3 Å². The number of aliphatic hydroxyl groups excluding tert-OH is 1. The lowest BCUT2D eigenvalue weighted by atomic mass is 10.0. The molecule has 15 rings (SSSR count). The smallest absolute Gasteiger partial charge is 0.276 e. The molecule has 0 spiro atoms. The van der Waals surface area contributed by atoms with Crippen molar-refractivity contribution >= 4 is 67.5 Å². The van der Waals surface area contributed by atoms with Gasteiger partial charge in [-0.25, -0.2) is 0 Å². The SMILES string of the molecule is Cc1ccc(NC(=O)c2n[nH]c3ccc(-c4cncc(CN5CCC(O)CC5)c4)cc23)cn1.Cc1ccc(NC(=O)c2n[nH]c3ccc(-c4cncc(CN5CCOCC5)c4)cc23)cn1.Cc1ccc(NC(=O)c2n[nH]c3ccc(-c4cncc(Oc5ccccc5)c4)cc23)cn1. The van der Waals surface area contributed by atoms with Crippen LogP contribution in [0.25, 0.3) is 66.1 Å². The summed E-state index contributed by atoms with van der Waals surface area (Å²) in [6.07, 6.45) is 17.2. The molecule has 13 aromatic rings. The average molecular weight is 1290 g/mol. The van der Waals surface area contributed by atoms with Crippen LogP contribution in [0.2, 0.25) is 0 Å². The van der Waals surface area contributed by atoms with Gasteiger partial charge in [0, 0.05) is 120 Å². The summed E-state index contributed by atoms with van der Waals surface area (Å²) in [5.41, 5.74) is 15.9. The van der Waals surface area contributed by atoms with Crippen molar-refractivity contribution in [2.24, 2.45) is 0 Å². The number of benzene rings is 4. The Balaban J connectivity index is 0.000000131. The van der Waals surface area contributed by atoms with E-state index in [0.29, 0.717) is 39.9 Å². The van der Waals surface area contributed by atoms with Gasteiger partial charge in [-0.05, 0) is 165 Å². The Morgan fingerprint density at radius 2 is 0.856 bits per heavy atom. The third-order valence-electron chi connectivity index (χ3n) is 16.6. The molecule has 2 aliphatic rings. The molecule has 0 radical (unpaired) electrons. The van der Waals surface area contributed by atoms with E-state index >= 15 is 0 Å². The summed E-state index contributed by atoms with van der Waals surface area (Å²) in [7, 11) is 0. The number of aromatic nitrogens is 12. The second-order valence-electron chi connectivity index (χ2n) is 23.8. The molecule has 23 nitrogen and oxygen atoms in total. The molecular formula is C74H69N17O6. The van der Waals surface area contributed by atoms with Gasteiger partial charge in [0.25, 0.3) is 17.7 Å². The van der Waals surface area contributed by atoms with Crippen molar-refractivity contribution < 1.29 is 29.0 Å². The Bertz CT molecular complexity index is 4890. The molecule has 0 unspecified atom stereocenters. The number of piperidine rings is 1. The highest BCUT2D eigenvalue weighted by Crippen LogP contribution is 2.32. The third kappa shape index (κ3) is 16.1. The lowest BCUT2D eigenvalue weighted by Crippen LogP contribution is -2.35. The highest BCUT2D eigenvalue weighted by atomic mass is 16.5. The Kier molecular flexibility index (Phi) is 19.6. The number of likely N-dealkylation sites (tertiary alicyclic amines) is 1. The largest absolute Gasteiger partial charge is 0.456 e. The molecule has 2 fully saturated rings. The number of aryl methyl sites for hydroxylation is 3. The lowest BCUT2D eigenvalue weighted by Gasteiger charge is -2.29. The van der Waals surface area contributed by atoms with Crippen LogP contribution in [0.15, 0.2) is 195 Å². The first-order valence-electron chi connectivity index (χ1n) is 31.8. The minimum absolute atomic E-state index is 0.180. The van der Waals surface area contributed by atoms with Crippen molar-refractivity contribution in [3.05, 3.63) is 241 Å². The number of carbonyl (C=O) groups excluding carboxylic acids is 3. The molecule has 97 heavy (non-hydrogen) atoms. The van der Waals surface area contributed by atoms with E-state index in [1.54, 1.807) is 31.0 Å². The predicted molar refractivity (Wildman–Crippen MR) is 372 cm³/mol. The number of nitrogens with one attached hydrogen (secondary N) is 6. The van der Waals surface area contributed by atoms with Crippen molar-refractivity contribution in [2.45, 2.75) is 52.8 Å². The summed E-state index contributed by atoms with van der Waals surface area (Å²) in [4.78, 5) is 69.1. The van der Waals surface area contributed by atoms with Crippen LogP contribution in [0.4, 0.5) is 17.1 Å². The van der Waals surface area contributed by atoms with E-state index in [1.807, 2.05) is 173 Å². The Morgan fingerprint density at radius 3 is 1.27 bits per heavy atom. The third-order valence-corrected chi connectivity index (χ3v) is 16.6. The number of hydrogen-bond acceptors (Lipinski definition) is 17. The summed E-state index contributed by atoms with van der Waals surface area (Å²) in [5.74, 6) is 0.493. The molecule has 11 heterocycles. The minimum atomic E-state index is -0.307. The Hall–Kier alpha value is -11.8. The van der Waals surface area contributed by atoms with Crippen molar-refractivity contribution in [3.8, 4) is 44.9 Å². The molecule has 4 aromatic carbocycles. The zero-order valence-electron chi connectivity index (χ0n) is 53.5. The Morgan fingerprint density at radius 1 is 0.454 bits per heavy atom. The van der Waals surface area contributed by atoms with E-state index in [2.05, 4.69) is 98.4 Å². The van der Waals surface area contributed by atoms with E-state index in [4.69, 9.17) is 9.47 Å². The molecular weight excluding hydrogens is 1220 g/mol. The number of pyridine rings is 6. The molecule has 23 heteroatoms. The highest BCUT2D eigenvalue weighted by molar-refractivity contribution is 6.13. The fourth-order valence-electron chi connectivity index (χ4n) is 11.4. The number of fused-ring (bicyclic) bond motifs is 3. The molecule has 0 saturated carbocycles. The number of ether oxygens (including phenoxy) is 2. The molecule has 486 valence electrons. The van der Waals surface area contributed by atoms with Crippen LogP contribution in [-0.2, 0) is 17.8 Å². The topological polar surface area (TPSA) is 296 Å². The zero-order chi connectivity index (χ0) is 66.6. The van der Waals surface area contributed by atoms with Crippen molar-refractivity contribution in [3.63, 3.8) is 0 Å². The normalized spacial score (nSPS) is 13.5. The first-order valence-corrected chi connectivity index (χ1v) is 31.8. The van der Waals surface area contributed by atoms with E-state index in [-0.39, 0.29) is 23.8 Å². The predicted octanol–water partition coefficient (Wildman–Crippen LogP) is 12.3. The maximum absolute atomic E-state index is 12.9. The minimum Gasteiger partial charge on any atom is -0.456 e. The van der Waals surface area contributed by atoms with E-state index in [0.717, 1.165) is 165 Å². The number of rotatable bonds is 15. The van der Waals surface area contributed by atoms with E-state index < -0.39 is 0 Å². The molecule has 0 atom stereocenters. The molecule has 3 amide bonds. The molecule has 0 aliphatic carbocycles. The average Bonchev–Trinajstić information content (AvgIpc) is 1.71. The summed E-state index contributed by atoms with van der Waals surface area (Å²) < 4.78 is 11.3. The lowest BCUT2D eigenvalue weighted by molar-refractivity contribution is 0.0341. The van der Waals surface area contributed by atoms with Gasteiger partial charge in [-0.3, -0.25) is 69.4 Å². The fourth-order valence-corrected chi connectivity index (χ4v) is 11.4. The van der Waals surface area contributed by atoms with Gasteiger partial charge >= 0.3 is 0 Å². The quantitative estimate of drug-likeness (QED) is 0.0502. The van der Waals surface area contributed by atoms with Gasteiger partial charge in [0.05, 0.1) is 77.7 Å². The number of anilines is 3. The summed E-state index contributed by atoms with van der Waals surface area (Å²) in [5, 5.41) is 42.1. The van der Waals surface area contributed by atoms with Crippen LogP contribution in [0, 0.1) is 20.8 Å². The van der Waals surface area contributed by atoms with Crippen LogP contribution in [0.1, 0.15) is 72.5 Å². The number of aliphatic hydroxyl groups is 1. The van der Waals surface area contributed by atoms with E-state index in [1.165, 1.54) is 0 Å². The number of nitrogens with zero attached hydrogens (tertiary/aromatic N) is 11. The number of aromatic amines is 3. The summed E-state index contributed by atoms with van der Waals surface area (Å²) >= 11 is 0. The van der Waals surface area contributed by atoms with Crippen LogP contribution in [0.5, 0.6) is 11.5 Å². The standard InChI is InChI=1S/C25H26N6O2.C25H19N5O2.C24H24N6O2/c1-16-2-4-20(14-27-16)28-25(33)24-22-11-18(3-5-23(22)29-30-24)19-10-17(12-26-13-19)15-31-8-6-21(32)7-9-31;1-16-7-9-19(14-27-16)28-25(31)24-22-12-17(8-10-23(22)29-30-24)18-11-21(15-26-13-18)32-20-5-3-2-4-6-20;1-16-2-4-20(14-26-16)27-24(31)23-21-11-18(3-5-22(21)28-29-23)19-10-17(12-25-13-19)15-30-6-8-32-9-7-30/h2-5,10-14,21,32H,6-9,15H2,1H3,(H,28,33)(H,29,30);2-15H,1H3,(H,28,31)(H,29,30);2-5,10-14H,6-9,15H2,1H3,(H,27,31)(H,28,29). The monoisotopic (exact) mass is 1290 g/mol. The Labute approximate surface area is 557 Å². The number of H-pyrrole nitrogens is 3. The molecule has 7 N–H and O–H groups in total. The number of hydrogen-bond donors (Lipinski definition) is 7. The second kappa shape index (κ2) is 29.7. The first-order chi connectivity index (χ1) is 47.4. The van der Waals surface area contributed by atoms with Gasteiger partial charge in [-0.1, -0.05) is 36.4 Å². The van der Waals surface area contributed by atoms with Gasteiger partial charge in [-0.15, -0.1) is 0 Å². The van der Waals surface area contributed by atoms with Gasteiger partial charge in [-0.2, -0.15) is 15.3 Å². The van der Waals surface area contributed by atoms with Crippen molar-refractivity contribution in [1.29, 1.82) is 0 Å². The number of carbonyl (C=O) groups is 3. The summed E-state index contributed by atoms with van der Waals surface area (Å²) in [6.45, 7) is 12.5. The first kappa shape index (κ1) is 64.0. The van der Waals surface area contributed by atoms with Gasteiger partial charge < -0.3 is 30.5 Å². The van der Waals surface area contributed by atoms with Crippen LogP contribution >= 0.6 is 0 Å². The molecule has 0 bridgehead atoms.